The molecule has 0 N–H and O–H groups in total. The Kier molecular flexibility index (Phi) is 8.16. The molecule has 0 atom stereocenters. The number of benzene rings is 3. The van der Waals surface area contributed by atoms with Crippen molar-refractivity contribution in [2.75, 3.05) is 13.7 Å². The summed E-state index contributed by atoms with van der Waals surface area (Å²) in [6, 6.07) is 21.2. The number of hydrogen-bond donors (Lipinski definition) is 0. The van der Waals surface area contributed by atoms with Crippen molar-refractivity contribution in [3.05, 3.63) is 93.3 Å². The van der Waals surface area contributed by atoms with E-state index < -0.39 is 0 Å². The molecular weight excluding hydrogens is 480 g/mol. The smallest absolute Gasteiger partial charge is 0.266 e. The quantitative estimate of drug-likeness (QED) is 0.305. The van der Waals surface area contributed by atoms with Gasteiger partial charge < -0.3 is 9.47 Å². The van der Waals surface area contributed by atoms with Crippen molar-refractivity contribution in [2.45, 2.75) is 26.9 Å². The Morgan fingerprint density at radius 3 is 2.46 bits per heavy atom. The third-order valence-corrected chi connectivity index (χ3v) is 7.01. The maximum Gasteiger partial charge on any atom is 0.266 e. The van der Waals surface area contributed by atoms with Crippen LogP contribution in [0.3, 0.4) is 0 Å². The Hall–Kier alpha value is -3.22. The maximum absolute atomic E-state index is 13.3. The first kappa shape index (κ1) is 24.9. The van der Waals surface area contributed by atoms with Gasteiger partial charge in [0.2, 0.25) is 0 Å². The first-order valence-electron chi connectivity index (χ1n) is 11.5. The summed E-state index contributed by atoms with van der Waals surface area (Å²) in [6.45, 7) is 4.86. The lowest BCUT2D eigenvalue weighted by Crippen LogP contribution is -2.28. The number of thioether (sulfide) groups is 1. The molecule has 1 aliphatic rings. The van der Waals surface area contributed by atoms with E-state index in [2.05, 4.69) is 13.0 Å². The molecular formula is C28H27ClN2O3S. The van der Waals surface area contributed by atoms with E-state index in [9.17, 15) is 4.79 Å². The van der Waals surface area contributed by atoms with Crippen molar-refractivity contribution >= 4 is 46.2 Å². The third-order valence-electron chi connectivity index (χ3n) is 5.64. The molecule has 1 aliphatic heterocycles. The number of amidine groups is 1. The first-order valence-corrected chi connectivity index (χ1v) is 12.7. The van der Waals surface area contributed by atoms with Gasteiger partial charge in [-0.05, 0) is 54.9 Å². The van der Waals surface area contributed by atoms with Crippen LogP contribution in [0.5, 0.6) is 11.5 Å². The number of hydrogen-bond acceptors (Lipinski definition) is 5. The van der Waals surface area contributed by atoms with Gasteiger partial charge in [0.25, 0.3) is 5.91 Å². The van der Waals surface area contributed by atoms with Gasteiger partial charge in [0, 0.05) is 22.7 Å². The van der Waals surface area contributed by atoms with E-state index in [1.807, 2.05) is 73.7 Å². The van der Waals surface area contributed by atoms with E-state index in [1.54, 1.807) is 12.0 Å². The van der Waals surface area contributed by atoms with Crippen LogP contribution in [0.25, 0.3) is 6.08 Å². The molecule has 0 aliphatic carbocycles. The number of methoxy groups -OCH3 is 1. The summed E-state index contributed by atoms with van der Waals surface area (Å²) in [5.74, 6) is 1.06. The lowest BCUT2D eigenvalue weighted by Gasteiger charge is -2.14. The van der Waals surface area contributed by atoms with Crippen molar-refractivity contribution in [2.24, 2.45) is 4.99 Å². The summed E-state index contributed by atoms with van der Waals surface area (Å²) < 4.78 is 11.7. The molecule has 0 aromatic heterocycles. The number of amides is 1. The molecule has 1 fully saturated rings. The number of rotatable bonds is 8. The van der Waals surface area contributed by atoms with Crippen LogP contribution >= 0.6 is 23.4 Å². The van der Waals surface area contributed by atoms with Gasteiger partial charge in [-0.25, -0.2) is 4.99 Å². The second-order valence-electron chi connectivity index (χ2n) is 7.80. The highest BCUT2D eigenvalue weighted by Gasteiger charge is 2.32. The lowest BCUT2D eigenvalue weighted by molar-refractivity contribution is -0.122. The molecule has 180 valence electrons. The first-order chi connectivity index (χ1) is 17.0. The minimum Gasteiger partial charge on any atom is -0.493 e. The minimum absolute atomic E-state index is 0.0786. The number of aryl methyl sites for hydroxylation is 1. The number of carbonyl (C=O) groups excluding carboxylic acids is 1. The van der Waals surface area contributed by atoms with Gasteiger partial charge in [-0.3, -0.25) is 9.69 Å². The number of halogens is 1. The fourth-order valence-electron chi connectivity index (χ4n) is 3.76. The average Bonchev–Trinajstić information content (AvgIpc) is 3.17. The van der Waals surface area contributed by atoms with Gasteiger partial charge in [-0.2, -0.15) is 0 Å². The third kappa shape index (κ3) is 5.55. The highest BCUT2D eigenvalue weighted by atomic mass is 35.5. The monoisotopic (exact) mass is 506 g/mol. The van der Waals surface area contributed by atoms with Gasteiger partial charge in [0.1, 0.15) is 6.61 Å². The van der Waals surface area contributed by atoms with E-state index in [-0.39, 0.29) is 12.5 Å². The van der Waals surface area contributed by atoms with Crippen molar-refractivity contribution in [3.8, 4) is 11.5 Å². The molecule has 3 aromatic rings. The largest absolute Gasteiger partial charge is 0.493 e. The van der Waals surface area contributed by atoms with Crippen molar-refractivity contribution in [3.63, 3.8) is 0 Å². The summed E-state index contributed by atoms with van der Waals surface area (Å²) in [5.41, 5.74) is 3.64. The zero-order valence-electron chi connectivity index (χ0n) is 20.0. The van der Waals surface area contributed by atoms with Gasteiger partial charge in [0.05, 0.1) is 17.7 Å². The number of para-hydroxylation sites is 2. The molecule has 1 amide bonds. The highest BCUT2D eigenvalue weighted by molar-refractivity contribution is 8.18. The van der Waals surface area contributed by atoms with Crippen LogP contribution in [0.4, 0.5) is 5.69 Å². The number of carbonyl (C=O) groups is 1. The number of nitrogens with zero attached hydrogens (tertiary/aromatic N) is 2. The Morgan fingerprint density at radius 2 is 1.74 bits per heavy atom. The molecule has 0 unspecified atom stereocenters. The van der Waals surface area contributed by atoms with Crippen molar-refractivity contribution in [1.82, 2.24) is 4.90 Å². The second-order valence-corrected chi connectivity index (χ2v) is 9.21. The zero-order chi connectivity index (χ0) is 24.8. The molecule has 0 bridgehead atoms. The summed E-state index contributed by atoms with van der Waals surface area (Å²) in [6.07, 6.45) is 2.71. The van der Waals surface area contributed by atoms with E-state index in [1.165, 1.54) is 11.8 Å². The van der Waals surface area contributed by atoms with E-state index in [0.29, 0.717) is 33.1 Å². The van der Waals surface area contributed by atoms with Crippen LogP contribution in [0, 0.1) is 0 Å². The predicted octanol–water partition coefficient (Wildman–Crippen LogP) is 7.11. The summed E-state index contributed by atoms with van der Waals surface area (Å²) in [7, 11) is 1.60. The van der Waals surface area contributed by atoms with E-state index >= 15 is 0 Å². The van der Waals surface area contributed by atoms with Gasteiger partial charge >= 0.3 is 0 Å². The lowest BCUT2D eigenvalue weighted by atomic mass is 10.1. The van der Waals surface area contributed by atoms with Gasteiger partial charge in [0.15, 0.2) is 16.7 Å². The van der Waals surface area contributed by atoms with E-state index in [0.717, 1.165) is 28.8 Å². The highest BCUT2D eigenvalue weighted by Crippen LogP contribution is 2.39. The molecule has 0 radical (unpaired) electrons. The fourth-order valence-corrected chi connectivity index (χ4v) is 5.00. The molecule has 1 saturated heterocycles. The number of ether oxygens (including phenoxy) is 2. The van der Waals surface area contributed by atoms with Crippen LogP contribution in [-0.4, -0.2) is 29.6 Å². The Bertz CT molecular complexity index is 1290. The molecule has 4 rings (SSSR count). The van der Waals surface area contributed by atoms with Crippen LogP contribution in [-0.2, 0) is 17.8 Å². The Labute approximate surface area is 215 Å². The molecule has 3 aromatic carbocycles. The maximum atomic E-state index is 13.3. The number of likely N-dealkylation sites (N-methyl/N-ethyl adjacent to an activating group) is 1. The fraction of sp³-hybridized carbons (Fsp3) is 0.214. The zero-order valence-corrected chi connectivity index (χ0v) is 21.5. The van der Waals surface area contributed by atoms with Gasteiger partial charge in [-0.1, -0.05) is 67.1 Å². The minimum atomic E-state index is -0.0786. The van der Waals surface area contributed by atoms with Crippen LogP contribution in [0.2, 0.25) is 5.02 Å². The molecule has 35 heavy (non-hydrogen) atoms. The van der Waals surface area contributed by atoms with Crippen molar-refractivity contribution < 1.29 is 14.3 Å². The number of aliphatic imine (C=N–C) groups is 1. The van der Waals surface area contributed by atoms with Gasteiger partial charge in [-0.15, -0.1) is 0 Å². The molecule has 0 spiro atoms. The normalized spacial score (nSPS) is 15.8. The molecule has 5 nitrogen and oxygen atoms in total. The molecule has 0 saturated carbocycles. The van der Waals surface area contributed by atoms with Crippen LogP contribution < -0.4 is 9.47 Å². The summed E-state index contributed by atoms with van der Waals surface area (Å²) >= 11 is 7.68. The molecule has 7 heteroatoms. The van der Waals surface area contributed by atoms with E-state index in [4.69, 9.17) is 26.1 Å². The van der Waals surface area contributed by atoms with Crippen LogP contribution in [0.1, 0.15) is 30.5 Å². The predicted molar refractivity (Wildman–Crippen MR) is 145 cm³/mol. The Balaban J connectivity index is 1.67. The average molecular weight is 507 g/mol. The second kappa shape index (κ2) is 11.5. The van der Waals surface area contributed by atoms with Crippen LogP contribution in [0.15, 0.2) is 76.6 Å². The topological polar surface area (TPSA) is 51.1 Å². The van der Waals surface area contributed by atoms with Crippen molar-refractivity contribution in [1.29, 1.82) is 0 Å². The summed E-state index contributed by atoms with van der Waals surface area (Å²) in [5, 5.41) is 1.31. The summed E-state index contributed by atoms with van der Waals surface area (Å²) in [4.78, 5) is 20.4. The SMILES string of the molecule is CCc1ccccc1N=C1S/C(=C/c2cccc(OC)c2OCc2ccccc2Cl)C(=O)N1CC. The molecule has 1 heterocycles. The Morgan fingerprint density at radius 1 is 1.00 bits per heavy atom. The standard InChI is InChI=1S/C28H27ClN2O3S/c1-4-19-11-7-9-15-23(19)30-28-31(5-2)27(32)25(35-28)17-20-13-10-16-24(33-3)26(20)34-18-21-12-6-8-14-22(21)29/h6-17H,4-5,18H2,1-3H3/b25-17+,30-28?.